The molecule has 5 nitrogen and oxygen atoms in total. The van der Waals surface area contributed by atoms with Crippen molar-refractivity contribution in [2.45, 2.75) is 13.5 Å². The Kier molecular flexibility index (Phi) is 5.62. The van der Waals surface area contributed by atoms with Crippen molar-refractivity contribution >= 4 is 26.8 Å². The molecule has 0 atom stereocenters. The third-order valence-corrected chi connectivity index (χ3v) is 4.97. The number of halogens is 1. The van der Waals surface area contributed by atoms with E-state index in [1.807, 2.05) is 67.6 Å². The quantitative estimate of drug-likeness (QED) is 0.431. The number of para-hydroxylation sites is 1. The fourth-order valence-electron chi connectivity index (χ4n) is 3.01. The van der Waals surface area contributed by atoms with E-state index in [4.69, 9.17) is 9.47 Å². The Labute approximate surface area is 176 Å². The predicted octanol–water partition coefficient (Wildman–Crippen LogP) is 5.33. The lowest BCUT2D eigenvalue weighted by Gasteiger charge is -2.13. The average Bonchev–Trinajstić information content (AvgIpc) is 2.74. The van der Waals surface area contributed by atoms with Gasteiger partial charge >= 0.3 is 0 Å². The highest BCUT2D eigenvalue weighted by Gasteiger charge is 2.11. The first-order valence-electron chi connectivity index (χ1n) is 9.27. The van der Waals surface area contributed by atoms with Crippen molar-refractivity contribution in [3.05, 3.63) is 87.1 Å². The number of rotatable bonds is 6. The SMILES string of the molecule is CCOc1cc(-c2nc3ccccc3c(=O)[nH]2)ccc1OCc1ccc(Br)cc1. The fraction of sp³-hybridized carbons (Fsp3) is 0.130. The maximum absolute atomic E-state index is 12.4. The molecule has 0 bridgehead atoms. The van der Waals surface area contributed by atoms with Crippen molar-refractivity contribution in [1.29, 1.82) is 0 Å². The minimum Gasteiger partial charge on any atom is -0.490 e. The summed E-state index contributed by atoms with van der Waals surface area (Å²) in [5.41, 5.74) is 2.30. The Balaban J connectivity index is 1.65. The monoisotopic (exact) mass is 450 g/mol. The number of aromatic nitrogens is 2. The molecule has 1 N–H and O–H groups in total. The summed E-state index contributed by atoms with van der Waals surface area (Å²) in [5, 5.41) is 0.565. The second-order valence-electron chi connectivity index (χ2n) is 6.44. The molecule has 6 heteroatoms. The molecule has 0 amide bonds. The Morgan fingerprint density at radius 2 is 1.76 bits per heavy atom. The maximum Gasteiger partial charge on any atom is 0.259 e. The average molecular weight is 451 g/mol. The lowest BCUT2D eigenvalue weighted by molar-refractivity contribution is 0.269. The standard InChI is InChI=1S/C23H19BrN2O3/c1-2-28-21-13-16(22-25-19-6-4-3-5-18(19)23(27)26-22)9-12-20(21)29-14-15-7-10-17(24)11-8-15/h3-13H,2,14H2,1H3,(H,25,26,27). The van der Waals surface area contributed by atoms with E-state index in [9.17, 15) is 4.79 Å². The van der Waals surface area contributed by atoms with Gasteiger partial charge in [0, 0.05) is 10.0 Å². The molecule has 1 heterocycles. The predicted molar refractivity (Wildman–Crippen MR) is 117 cm³/mol. The van der Waals surface area contributed by atoms with Crippen molar-refractivity contribution in [2.24, 2.45) is 0 Å². The van der Waals surface area contributed by atoms with Gasteiger partial charge in [0.2, 0.25) is 0 Å². The summed E-state index contributed by atoms with van der Waals surface area (Å²) in [5.74, 6) is 1.74. The van der Waals surface area contributed by atoms with Crippen LogP contribution in [-0.2, 0) is 6.61 Å². The van der Waals surface area contributed by atoms with Crippen LogP contribution in [0.15, 0.2) is 76.0 Å². The zero-order valence-electron chi connectivity index (χ0n) is 15.8. The van der Waals surface area contributed by atoms with Crippen molar-refractivity contribution in [3.8, 4) is 22.9 Å². The van der Waals surface area contributed by atoms with Gasteiger partial charge in [-0.1, -0.05) is 40.2 Å². The van der Waals surface area contributed by atoms with Crippen LogP contribution in [0.5, 0.6) is 11.5 Å². The van der Waals surface area contributed by atoms with Crippen LogP contribution < -0.4 is 15.0 Å². The summed E-state index contributed by atoms with van der Waals surface area (Å²) in [6.07, 6.45) is 0. The molecule has 0 aliphatic heterocycles. The van der Waals surface area contributed by atoms with Crippen molar-refractivity contribution < 1.29 is 9.47 Å². The molecule has 0 saturated carbocycles. The summed E-state index contributed by atoms with van der Waals surface area (Å²) >= 11 is 3.43. The van der Waals surface area contributed by atoms with Crippen LogP contribution in [0.25, 0.3) is 22.3 Å². The molecular formula is C23H19BrN2O3. The third kappa shape index (κ3) is 4.32. The second kappa shape index (κ2) is 8.49. The topological polar surface area (TPSA) is 64.2 Å². The molecule has 3 aromatic carbocycles. The number of ether oxygens (including phenoxy) is 2. The number of fused-ring (bicyclic) bond motifs is 1. The van der Waals surface area contributed by atoms with Crippen LogP contribution >= 0.6 is 15.9 Å². The van der Waals surface area contributed by atoms with Gasteiger partial charge in [-0.25, -0.2) is 4.98 Å². The molecule has 4 aromatic rings. The first kappa shape index (κ1) is 19.2. The molecular weight excluding hydrogens is 432 g/mol. The van der Waals surface area contributed by atoms with E-state index < -0.39 is 0 Å². The zero-order chi connectivity index (χ0) is 20.2. The van der Waals surface area contributed by atoms with Crippen LogP contribution in [0.2, 0.25) is 0 Å². The summed E-state index contributed by atoms with van der Waals surface area (Å²) < 4.78 is 12.8. The van der Waals surface area contributed by atoms with Gasteiger partial charge < -0.3 is 14.5 Å². The molecule has 0 aliphatic rings. The molecule has 0 fully saturated rings. The number of aromatic amines is 1. The Morgan fingerprint density at radius 3 is 2.55 bits per heavy atom. The number of benzene rings is 3. The Bertz CT molecular complexity index is 1200. The van der Waals surface area contributed by atoms with Gasteiger partial charge in [0.15, 0.2) is 11.5 Å². The molecule has 0 radical (unpaired) electrons. The normalized spacial score (nSPS) is 10.8. The summed E-state index contributed by atoms with van der Waals surface area (Å²) in [4.78, 5) is 19.8. The maximum atomic E-state index is 12.4. The molecule has 4 rings (SSSR count). The lowest BCUT2D eigenvalue weighted by atomic mass is 10.1. The molecule has 0 aliphatic carbocycles. The smallest absolute Gasteiger partial charge is 0.259 e. The van der Waals surface area contributed by atoms with Gasteiger partial charge in [-0.05, 0) is 55.0 Å². The first-order chi connectivity index (χ1) is 14.1. The summed E-state index contributed by atoms with van der Waals surface area (Å²) in [7, 11) is 0. The van der Waals surface area contributed by atoms with Crippen LogP contribution in [0, 0.1) is 0 Å². The summed E-state index contributed by atoms with van der Waals surface area (Å²) in [6.45, 7) is 2.85. The van der Waals surface area contributed by atoms with Crippen LogP contribution in [0.3, 0.4) is 0 Å². The van der Waals surface area contributed by atoms with Gasteiger partial charge in [0.1, 0.15) is 12.4 Å². The van der Waals surface area contributed by atoms with Crippen molar-refractivity contribution in [2.75, 3.05) is 6.61 Å². The molecule has 0 saturated heterocycles. The van der Waals surface area contributed by atoms with E-state index in [0.29, 0.717) is 41.4 Å². The third-order valence-electron chi connectivity index (χ3n) is 4.44. The van der Waals surface area contributed by atoms with E-state index >= 15 is 0 Å². The van der Waals surface area contributed by atoms with Gasteiger partial charge in [0.05, 0.1) is 17.5 Å². The van der Waals surface area contributed by atoms with Crippen molar-refractivity contribution in [1.82, 2.24) is 9.97 Å². The van der Waals surface area contributed by atoms with Gasteiger partial charge in [0.25, 0.3) is 5.56 Å². The highest BCUT2D eigenvalue weighted by atomic mass is 79.9. The van der Waals surface area contributed by atoms with E-state index in [2.05, 4.69) is 25.9 Å². The number of nitrogens with zero attached hydrogens (tertiary/aromatic N) is 1. The van der Waals surface area contributed by atoms with E-state index in [1.54, 1.807) is 6.07 Å². The zero-order valence-corrected chi connectivity index (χ0v) is 17.4. The van der Waals surface area contributed by atoms with Gasteiger partial charge in [-0.2, -0.15) is 0 Å². The van der Waals surface area contributed by atoms with Gasteiger partial charge in [-0.3, -0.25) is 4.79 Å². The fourth-order valence-corrected chi connectivity index (χ4v) is 3.27. The molecule has 1 aromatic heterocycles. The van der Waals surface area contributed by atoms with Crippen molar-refractivity contribution in [3.63, 3.8) is 0 Å². The van der Waals surface area contributed by atoms with E-state index in [0.717, 1.165) is 15.6 Å². The number of nitrogens with one attached hydrogen (secondary N) is 1. The van der Waals surface area contributed by atoms with E-state index in [1.165, 1.54) is 0 Å². The highest BCUT2D eigenvalue weighted by Crippen LogP contribution is 2.32. The highest BCUT2D eigenvalue weighted by molar-refractivity contribution is 9.10. The number of H-pyrrole nitrogens is 1. The molecule has 146 valence electrons. The largest absolute Gasteiger partial charge is 0.490 e. The first-order valence-corrected chi connectivity index (χ1v) is 10.1. The lowest BCUT2D eigenvalue weighted by Crippen LogP contribution is -2.09. The Hall–Kier alpha value is -3.12. The Morgan fingerprint density at radius 1 is 0.966 bits per heavy atom. The number of hydrogen-bond donors (Lipinski definition) is 1. The summed E-state index contributed by atoms with van der Waals surface area (Å²) in [6, 6.07) is 20.8. The van der Waals surface area contributed by atoms with Crippen LogP contribution in [0.4, 0.5) is 0 Å². The van der Waals surface area contributed by atoms with E-state index in [-0.39, 0.29) is 5.56 Å². The molecule has 29 heavy (non-hydrogen) atoms. The van der Waals surface area contributed by atoms with Gasteiger partial charge in [-0.15, -0.1) is 0 Å². The minimum absolute atomic E-state index is 0.167. The van der Waals surface area contributed by atoms with Crippen LogP contribution in [0.1, 0.15) is 12.5 Å². The van der Waals surface area contributed by atoms with Crippen LogP contribution in [-0.4, -0.2) is 16.6 Å². The minimum atomic E-state index is -0.167. The second-order valence-corrected chi connectivity index (χ2v) is 7.36. The number of hydrogen-bond acceptors (Lipinski definition) is 4. The molecule has 0 unspecified atom stereocenters. The molecule has 0 spiro atoms.